The van der Waals surface area contributed by atoms with Crippen molar-refractivity contribution in [3.05, 3.63) is 59.2 Å². The molecule has 1 aromatic heterocycles. The SMILES string of the molecule is CCc1ccccc1NC(=O)CN1CCN(C(=O)CSc2nnc(-c3cc(C)cc(C)c3)o2)CC1. The maximum Gasteiger partial charge on any atom is 0.277 e. The van der Waals surface area contributed by atoms with E-state index in [1.54, 1.807) is 0 Å². The second kappa shape index (κ2) is 11.5. The number of anilines is 1. The van der Waals surface area contributed by atoms with Crippen LogP contribution in [0, 0.1) is 13.8 Å². The van der Waals surface area contributed by atoms with Crippen molar-refractivity contribution in [2.24, 2.45) is 0 Å². The Morgan fingerprint density at radius 3 is 2.46 bits per heavy atom. The van der Waals surface area contributed by atoms with Crippen molar-refractivity contribution in [2.45, 2.75) is 32.4 Å². The van der Waals surface area contributed by atoms with E-state index in [0.717, 1.165) is 34.4 Å². The summed E-state index contributed by atoms with van der Waals surface area (Å²) in [7, 11) is 0. The molecule has 0 atom stereocenters. The van der Waals surface area contributed by atoms with E-state index in [1.807, 2.05) is 55.1 Å². The zero-order valence-electron chi connectivity index (χ0n) is 20.4. The molecule has 184 valence electrons. The molecule has 8 nitrogen and oxygen atoms in total. The molecule has 1 N–H and O–H groups in total. The minimum absolute atomic E-state index is 0.0297. The Bertz CT molecular complexity index is 1170. The van der Waals surface area contributed by atoms with Crippen LogP contribution >= 0.6 is 11.8 Å². The largest absolute Gasteiger partial charge is 0.411 e. The average molecular weight is 494 g/mol. The molecule has 2 amide bonds. The Labute approximate surface area is 210 Å². The molecule has 9 heteroatoms. The van der Waals surface area contributed by atoms with Gasteiger partial charge in [0.1, 0.15) is 0 Å². The van der Waals surface area contributed by atoms with Gasteiger partial charge in [-0.15, -0.1) is 10.2 Å². The number of nitrogens with zero attached hydrogens (tertiary/aromatic N) is 4. The van der Waals surface area contributed by atoms with Crippen molar-refractivity contribution >= 4 is 29.3 Å². The first-order chi connectivity index (χ1) is 16.9. The average Bonchev–Trinajstić information content (AvgIpc) is 3.32. The maximum atomic E-state index is 12.7. The van der Waals surface area contributed by atoms with E-state index in [4.69, 9.17) is 4.42 Å². The molecule has 1 aliphatic rings. The topological polar surface area (TPSA) is 91.6 Å². The van der Waals surface area contributed by atoms with Crippen LogP contribution in [0.2, 0.25) is 0 Å². The standard InChI is InChI=1S/C26H31N5O3S/c1-4-20-7-5-6-8-22(20)27-23(32)16-30-9-11-31(12-10-30)24(33)17-35-26-29-28-25(34-26)21-14-18(2)13-19(3)15-21/h5-8,13-15H,4,9-12,16-17H2,1-3H3,(H,27,32). The lowest BCUT2D eigenvalue weighted by atomic mass is 10.1. The van der Waals surface area contributed by atoms with E-state index in [2.05, 4.69) is 33.4 Å². The van der Waals surface area contributed by atoms with Crippen molar-refractivity contribution < 1.29 is 14.0 Å². The number of amides is 2. The van der Waals surface area contributed by atoms with Crippen molar-refractivity contribution in [3.63, 3.8) is 0 Å². The highest BCUT2D eigenvalue weighted by molar-refractivity contribution is 7.99. The number of hydrogen-bond acceptors (Lipinski definition) is 7. The molecule has 0 saturated carbocycles. The van der Waals surface area contributed by atoms with Gasteiger partial charge in [-0.2, -0.15) is 0 Å². The number of benzene rings is 2. The number of carbonyl (C=O) groups excluding carboxylic acids is 2. The Kier molecular flexibility index (Phi) is 8.20. The molecule has 4 rings (SSSR count). The second-order valence-electron chi connectivity index (χ2n) is 8.75. The molecule has 1 fully saturated rings. The molecule has 0 spiro atoms. The van der Waals surface area contributed by atoms with Crippen molar-refractivity contribution in [3.8, 4) is 11.5 Å². The van der Waals surface area contributed by atoms with Gasteiger partial charge in [0.05, 0.1) is 12.3 Å². The smallest absolute Gasteiger partial charge is 0.277 e. The highest BCUT2D eigenvalue weighted by Gasteiger charge is 2.23. The summed E-state index contributed by atoms with van der Waals surface area (Å²) in [6, 6.07) is 14.0. The molecule has 1 saturated heterocycles. The van der Waals surface area contributed by atoms with Crippen molar-refractivity contribution in [1.82, 2.24) is 20.0 Å². The van der Waals surface area contributed by atoms with Crippen LogP contribution in [-0.2, 0) is 16.0 Å². The molecule has 0 radical (unpaired) electrons. The molecule has 0 unspecified atom stereocenters. The first kappa shape index (κ1) is 24.9. The monoisotopic (exact) mass is 493 g/mol. The summed E-state index contributed by atoms with van der Waals surface area (Å²) >= 11 is 1.25. The van der Waals surface area contributed by atoms with Crippen molar-refractivity contribution in [2.75, 3.05) is 43.8 Å². The fourth-order valence-electron chi connectivity index (χ4n) is 4.20. The van der Waals surface area contributed by atoms with Crippen LogP contribution in [0.5, 0.6) is 0 Å². The van der Waals surface area contributed by atoms with E-state index < -0.39 is 0 Å². The van der Waals surface area contributed by atoms with Crippen LogP contribution in [0.3, 0.4) is 0 Å². The lowest BCUT2D eigenvalue weighted by molar-refractivity contribution is -0.130. The van der Waals surface area contributed by atoms with E-state index in [-0.39, 0.29) is 17.6 Å². The zero-order chi connectivity index (χ0) is 24.8. The van der Waals surface area contributed by atoms with E-state index in [0.29, 0.717) is 43.8 Å². The van der Waals surface area contributed by atoms with Gasteiger partial charge in [-0.1, -0.05) is 54.1 Å². The number of para-hydroxylation sites is 1. The molecule has 2 heterocycles. The van der Waals surface area contributed by atoms with E-state index >= 15 is 0 Å². The predicted molar refractivity (Wildman–Crippen MR) is 137 cm³/mol. The van der Waals surface area contributed by atoms with Gasteiger partial charge in [0.15, 0.2) is 0 Å². The number of nitrogens with one attached hydrogen (secondary N) is 1. The van der Waals surface area contributed by atoms with Gasteiger partial charge in [-0.3, -0.25) is 14.5 Å². The van der Waals surface area contributed by atoms with Crippen molar-refractivity contribution in [1.29, 1.82) is 0 Å². The lowest BCUT2D eigenvalue weighted by Gasteiger charge is -2.34. The summed E-state index contributed by atoms with van der Waals surface area (Å²) in [4.78, 5) is 29.1. The van der Waals surface area contributed by atoms with Gasteiger partial charge >= 0.3 is 0 Å². The molecule has 0 bridgehead atoms. The fourth-order valence-corrected chi connectivity index (χ4v) is 4.86. The third-order valence-corrected chi connectivity index (χ3v) is 6.76. The lowest BCUT2D eigenvalue weighted by Crippen LogP contribution is -2.50. The number of hydrogen-bond donors (Lipinski definition) is 1. The number of rotatable bonds is 8. The molecule has 2 aromatic carbocycles. The summed E-state index contributed by atoms with van der Waals surface area (Å²) in [5.74, 6) is 0.697. The predicted octanol–water partition coefficient (Wildman–Crippen LogP) is 3.79. The summed E-state index contributed by atoms with van der Waals surface area (Å²) in [6.45, 7) is 8.95. The highest BCUT2D eigenvalue weighted by Crippen LogP contribution is 2.25. The van der Waals surface area contributed by atoms with Crippen LogP contribution < -0.4 is 5.32 Å². The number of aromatic nitrogens is 2. The van der Waals surface area contributed by atoms with Gasteiger partial charge in [0.25, 0.3) is 5.22 Å². The minimum atomic E-state index is -0.0303. The van der Waals surface area contributed by atoms with Crippen LogP contribution in [0.4, 0.5) is 5.69 Å². The molecular formula is C26H31N5O3S. The quantitative estimate of drug-likeness (QED) is 0.477. The number of piperazine rings is 1. The molecule has 35 heavy (non-hydrogen) atoms. The summed E-state index contributed by atoms with van der Waals surface area (Å²) in [5.41, 5.74) is 5.13. The molecule has 0 aliphatic carbocycles. The van der Waals surface area contributed by atoms with Gasteiger partial charge in [0, 0.05) is 37.4 Å². The Morgan fingerprint density at radius 1 is 1.03 bits per heavy atom. The summed E-state index contributed by atoms with van der Waals surface area (Å²) in [5, 5.41) is 11.6. The molecule has 1 aliphatic heterocycles. The van der Waals surface area contributed by atoms with Crippen LogP contribution in [0.25, 0.3) is 11.5 Å². The number of carbonyl (C=O) groups is 2. The molecule has 3 aromatic rings. The summed E-state index contributed by atoms with van der Waals surface area (Å²) in [6.07, 6.45) is 0.867. The van der Waals surface area contributed by atoms with Crippen LogP contribution in [0.1, 0.15) is 23.6 Å². The third-order valence-electron chi connectivity index (χ3n) is 5.96. The first-order valence-electron chi connectivity index (χ1n) is 11.8. The maximum absolute atomic E-state index is 12.7. The zero-order valence-corrected chi connectivity index (χ0v) is 21.2. The highest BCUT2D eigenvalue weighted by atomic mass is 32.2. The van der Waals surface area contributed by atoms with E-state index in [9.17, 15) is 9.59 Å². The Hall–Kier alpha value is -3.17. The fraction of sp³-hybridized carbons (Fsp3) is 0.385. The number of thioether (sulfide) groups is 1. The van der Waals surface area contributed by atoms with Gasteiger partial charge in [-0.25, -0.2) is 0 Å². The Balaban J connectivity index is 1.22. The van der Waals surface area contributed by atoms with Gasteiger partial charge in [0.2, 0.25) is 17.7 Å². The second-order valence-corrected chi connectivity index (χ2v) is 9.68. The van der Waals surface area contributed by atoms with Gasteiger partial charge < -0.3 is 14.6 Å². The minimum Gasteiger partial charge on any atom is -0.411 e. The van der Waals surface area contributed by atoms with Gasteiger partial charge in [-0.05, 0) is 44.0 Å². The normalized spacial score (nSPS) is 14.2. The number of aryl methyl sites for hydroxylation is 3. The van der Waals surface area contributed by atoms with E-state index in [1.165, 1.54) is 11.8 Å². The van der Waals surface area contributed by atoms with Crippen LogP contribution in [-0.4, -0.2) is 70.3 Å². The molecular weight excluding hydrogens is 462 g/mol. The third kappa shape index (κ3) is 6.70. The Morgan fingerprint density at radius 2 is 1.74 bits per heavy atom. The van der Waals surface area contributed by atoms with Crippen LogP contribution in [0.15, 0.2) is 52.1 Å². The first-order valence-corrected chi connectivity index (χ1v) is 12.8. The summed E-state index contributed by atoms with van der Waals surface area (Å²) < 4.78 is 5.76.